The maximum atomic E-state index is 12.8. The fraction of sp³-hybridized carbons (Fsp3) is 0.100. The number of rotatable bonds is 3. The molecule has 0 saturated carbocycles. The standard InChI is InChI=1S/C10H10F2N2O2/c1-5(9(13)15)10(16)14-8-3-6(11)2-7(12)4-8/h2-4,14,16H,1H3,(H2,13,15)/p+1. The van der Waals surface area contributed by atoms with Crippen molar-refractivity contribution in [1.29, 1.82) is 0 Å². The van der Waals surface area contributed by atoms with Gasteiger partial charge in [0.05, 0.1) is 0 Å². The summed E-state index contributed by atoms with van der Waals surface area (Å²) in [6.07, 6.45) is 0. The molecule has 1 aromatic rings. The summed E-state index contributed by atoms with van der Waals surface area (Å²) in [7, 11) is 0. The monoisotopic (exact) mass is 229 g/mol. The van der Waals surface area contributed by atoms with E-state index in [4.69, 9.17) is 0 Å². The molecule has 0 saturated heterocycles. The number of nitrogens with one attached hydrogen (secondary N) is 1. The number of carbonyl (C=O) groups excluding carboxylic acids is 1. The second kappa shape index (κ2) is 4.71. The van der Waals surface area contributed by atoms with Gasteiger partial charge in [0, 0.05) is 11.8 Å². The van der Waals surface area contributed by atoms with E-state index in [0.29, 0.717) is 6.07 Å². The van der Waals surface area contributed by atoms with Crippen molar-refractivity contribution in [1.82, 2.24) is 0 Å². The topological polar surface area (TPSA) is 77.0 Å². The first kappa shape index (κ1) is 12.1. The summed E-state index contributed by atoms with van der Waals surface area (Å²) in [6.45, 7) is 1.34. The van der Waals surface area contributed by atoms with Crippen LogP contribution in [0.25, 0.3) is 0 Å². The fourth-order valence-electron chi connectivity index (χ4n) is 0.989. The largest absolute Gasteiger partial charge is 0.494 e. The lowest BCUT2D eigenvalue weighted by Gasteiger charge is -2.06. The van der Waals surface area contributed by atoms with Crippen LogP contribution in [0, 0.1) is 11.6 Å². The van der Waals surface area contributed by atoms with Crippen molar-refractivity contribution in [2.24, 2.45) is 0 Å². The van der Waals surface area contributed by atoms with Gasteiger partial charge >= 0.3 is 5.91 Å². The van der Waals surface area contributed by atoms with Gasteiger partial charge in [-0.05, 0) is 19.1 Å². The van der Waals surface area contributed by atoms with Crippen LogP contribution in [0.3, 0.4) is 0 Å². The van der Waals surface area contributed by atoms with Crippen LogP contribution in [0.1, 0.15) is 6.92 Å². The highest BCUT2D eigenvalue weighted by molar-refractivity contribution is 5.85. The molecule has 16 heavy (non-hydrogen) atoms. The lowest BCUT2D eigenvalue weighted by Crippen LogP contribution is -2.57. The SMILES string of the molecule is CC(C([NH3+])=O)=C(O)Nc1cc(F)cc(F)c1. The number of hydrogen-bond donors (Lipinski definition) is 3. The van der Waals surface area contributed by atoms with E-state index in [1.165, 1.54) is 6.92 Å². The molecule has 0 radical (unpaired) electrons. The van der Waals surface area contributed by atoms with Crippen LogP contribution >= 0.6 is 0 Å². The summed E-state index contributed by atoms with van der Waals surface area (Å²) in [5, 5.41) is 11.7. The Morgan fingerprint density at radius 2 is 1.81 bits per heavy atom. The molecule has 0 fully saturated rings. The quantitative estimate of drug-likeness (QED) is 0.533. The Labute approximate surface area is 90.4 Å². The lowest BCUT2D eigenvalue weighted by atomic mass is 10.2. The summed E-state index contributed by atoms with van der Waals surface area (Å²) in [5.41, 5.74) is 3.08. The zero-order valence-corrected chi connectivity index (χ0v) is 8.55. The first-order chi connectivity index (χ1) is 7.40. The number of carbonyl (C=O) groups is 1. The summed E-state index contributed by atoms with van der Waals surface area (Å²) >= 11 is 0. The highest BCUT2D eigenvalue weighted by atomic mass is 19.1. The summed E-state index contributed by atoms with van der Waals surface area (Å²) in [6, 6.07) is 2.67. The van der Waals surface area contributed by atoms with E-state index in [-0.39, 0.29) is 11.3 Å². The van der Waals surface area contributed by atoms with Crippen molar-refractivity contribution in [2.45, 2.75) is 6.92 Å². The van der Waals surface area contributed by atoms with Crippen LogP contribution in [0.2, 0.25) is 0 Å². The third-order valence-electron chi connectivity index (χ3n) is 1.90. The van der Waals surface area contributed by atoms with Gasteiger partial charge in [-0.2, -0.15) is 0 Å². The molecular formula is C10H11F2N2O2+. The minimum atomic E-state index is -0.783. The third-order valence-corrected chi connectivity index (χ3v) is 1.90. The highest BCUT2D eigenvalue weighted by Gasteiger charge is 2.10. The average Bonchev–Trinajstić information content (AvgIpc) is 2.14. The van der Waals surface area contributed by atoms with Gasteiger partial charge in [-0.15, -0.1) is 0 Å². The molecule has 0 aliphatic heterocycles. The predicted molar refractivity (Wildman–Crippen MR) is 53.2 cm³/mol. The molecule has 0 unspecified atom stereocenters. The Balaban J connectivity index is 2.97. The summed E-state index contributed by atoms with van der Waals surface area (Å²) < 4.78 is 25.6. The summed E-state index contributed by atoms with van der Waals surface area (Å²) in [4.78, 5) is 10.8. The number of halogens is 2. The smallest absolute Gasteiger partial charge is 0.342 e. The van der Waals surface area contributed by atoms with Gasteiger partial charge in [0.25, 0.3) is 0 Å². The number of hydrogen-bond acceptors (Lipinski definition) is 3. The van der Waals surface area contributed by atoms with Gasteiger partial charge in [-0.1, -0.05) is 0 Å². The molecule has 0 heterocycles. The maximum absolute atomic E-state index is 12.8. The number of benzene rings is 1. The minimum absolute atomic E-state index is 0.00981. The molecule has 0 aliphatic carbocycles. The number of aliphatic hydroxyl groups excluding tert-OH is 1. The maximum Gasteiger partial charge on any atom is 0.342 e. The number of aliphatic hydroxyl groups is 1. The molecule has 0 aliphatic rings. The first-order valence-electron chi connectivity index (χ1n) is 4.39. The second-order valence-electron chi connectivity index (χ2n) is 3.18. The van der Waals surface area contributed by atoms with Gasteiger partial charge in [-0.3, -0.25) is 5.73 Å². The van der Waals surface area contributed by atoms with E-state index in [0.717, 1.165) is 12.1 Å². The van der Waals surface area contributed by atoms with Gasteiger partial charge < -0.3 is 10.4 Å². The van der Waals surface area contributed by atoms with Crippen LogP contribution in [0.15, 0.2) is 29.7 Å². The van der Waals surface area contributed by atoms with Crippen molar-refractivity contribution in [3.05, 3.63) is 41.3 Å². The third kappa shape index (κ3) is 3.03. The average molecular weight is 229 g/mol. The highest BCUT2D eigenvalue weighted by Crippen LogP contribution is 2.15. The van der Waals surface area contributed by atoms with E-state index in [1.807, 2.05) is 0 Å². The van der Waals surface area contributed by atoms with Crippen molar-refractivity contribution in [3.8, 4) is 0 Å². The molecule has 6 heteroatoms. The van der Waals surface area contributed by atoms with Gasteiger partial charge in [-0.25, -0.2) is 13.6 Å². The number of quaternary nitrogens is 1. The molecule has 1 aromatic carbocycles. The number of anilines is 1. The fourth-order valence-corrected chi connectivity index (χ4v) is 0.989. The lowest BCUT2D eigenvalue weighted by molar-refractivity contribution is -0.299. The molecule has 1 amide bonds. The normalized spacial score (nSPS) is 12.0. The van der Waals surface area contributed by atoms with Crippen molar-refractivity contribution >= 4 is 11.6 Å². The van der Waals surface area contributed by atoms with Gasteiger partial charge in [0.2, 0.25) is 5.88 Å². The van der Waals surface area contributed by atoms with Crippen LogP contribution in [0.4, 0.5) is 14.5 Å². The van der Waals surface area contributed by atoms with E-state index in [1.54, 1.807) is 0 Å². The number of amides is 1. The Morgan fingerprint density at radius 1 is 1.31 bits per heavy atom. The summed E-state index contributed by atoms with van der Waals surface area (Å²) in [5.74, 6) is -2.63. The predicted octanol–water partition coefficient (Wildman–Crippen LogP) is 0.935. The van der Waals surface area contributed by atoms with E-state index < -0.39 is 23.4 Å². The first-order valence-corrected chi connectivity index (χ1v) is 4.39. The van der Waals surface area contributed by atoms with Crippen LogP contribution in [0.5, 0.6) is 0 Å². The van der Waals surface area contributed by atoms with Crippen LogP contribution in [-0.4, -0.2) is 11.0 Å². The van der Waals surface area contributed by atoms with Crippen molar-refractivity contribution in [2.75, 3.05) is 5.32 Å². The Morgan fingerprint density at radius 3 is 2.25 bits per heavy atom. The zero-order valence-electron chi connectivity index (χ0n) is 8.55. The zero-order chi connectivity index (χ0) is 12.3. The van der Waals surface area contributed by atoms with E-state index in [2.05, 4.69) is 11.1 Å². The Hall–Kier alpha value is -1.95. The molecule has 0 spiro atoms. The van der Waals surface area contributed by atoms with Gasteiger partial charge in [0.15, 0.2) is 0 Å². The van der Waals surface area contributed by atoms with Crippen molar-refractivity contribution < 1.29 is 24.4 Å². The molecule has 1 rings (SSSR count). The molecule has 0 aromatic heterocycles. The Kier molecular flexibility index (Phi) is 3.57. The molecule has 0 atom stereocenters. The van der Waals surface area contributed by atoms with Crippen molar-refractivity contribution in [3.63, 3.8) is 0 Å². The molecule has 5 N–H and O–H groups in total. The molecule has 0 bridgehead atoms. The molecule has 86 valence electrons. The van der Waals surface area contributed by atoms with E-state index >= 15 is 0 Å². The Bertz CT molecular complexity index is 438. The van der Waals surface area contributed by atoms with Crippen LogP contribution in [-0.2, 0) is 4.79 Å². The van der Waals surface area contributed by atoms with E-state index in [9.17, 15) is 18.7 Å². The minimum Gasteiger partial charge on any atom is -0.494 e. The second-order valence-corrected chi connectivity index (χ2v) is 3.18. The molecular weight excluding hydrogens is 218 g/mol. The van der Waals surface area contributed by atoms with Crippen LogP contribution < -0.4 is 11.1 Å². The molecule has 4 nitrogen and oxygen atoms in total. The van der Waals surface area contributed by atoms with Gasteiger partial charge in [0.1, 0.15) is 17.2 Å².